The van der Waals surface area contributed by atoms with E-state index in [2.05, 4.69) is 21.2 Å². The second kappa shape index (κ2) is 6.82. The van der Waals surface area contributed by atoms with E-state index >= 15 is 0 Å². The van der Waals surface area contributed by atoms with Gasteiger partial charge in [-0.05, 0) is 31.9 Å². The molecule has 0 amide bonds. The summed E-state index contributed by atoms with van der Waals surface area (Å²) in [4.78, 5) is 10.3. The number of nitro groups is 1. The van der Waals surface area contributed by atoms with Gasteiger partial charge in [-0.2, -0.15) is 0 Å². The Labute approximate surface area is 114 Å². The first-order valence-electron chi connectivity index (χ1n) is 5.73. The maximum Gasteiger partial charge on any atom is 0.270 e. The van der Waals surface area contributed by atoms with E-state index in [4.69, 9.17) is 0 Å². The van der Waals surface area contributed by atoms with Gasteiger partial charge in [-0.15, -0.1) is 0 Å². The Balaban J connectivity index is 2.64. The lowest BCUT2D eigenvalue weighted by atomic mass is 10.1. The molecule has 1 rings (SSSR count). The molecule has 0 heterocycles. The standard InChI is InChI=1S/C12H17BrN2O3/c1-8(3-9(2)16)14-7-10-4-11(13)6-12(5-10)15(17)18/h4-6,8-9,14,16H,3,7H2,1-2H3. The van der Waals surface area contributed by atoms with Gasteiger partial charge >= 0.3 is 0 Å². The van der Waals surface area contributed by atoms with E-state index in [1.807, 2.05) is 13.0 Å². The largest absolute Gasteiger partial charge is 0.393 e. The minimum atomic E-state index is -0.409. The first-order chi connectivity index (χ1) is 8.38. The topological polar surface area (TPSA) is 75.4 Å². The lowest BCUT2D eigenvalue weighted by Crippen LogP contribution is -2.28. The van der Waals surface area contributed by atoms with E-state index in [1.165, 1.54) is 6.07 Å². The van der Waals surface area contributed by atoms with Crippen LogP contribution in [-0.2, 0) is 6.54 Å². The summed E-state index contributed by atoms with van der Waals surface area (Å²) < 4.78 is 0.691. The lowest BCUT2D eigenvalue weighted by Gasteiger charge is -2.15. The Morgan fingerprint density at radius 3 is 2.67 bits per heavy atom. The average molecular weight is 317 g/mol. The summed E-state index contributed by atoms with van der Waals surface area (Å²) in [5, 5.41) is 23.2. The zero-order chi connectivity index (χ0) is 13.7. The second-order valence-corrected chi connectivity index (χ2v) is 5.36. The van der Waals surface area contributed by atoms with Crippen LogP contribution in [0.3, 0.4) is 0 Å². The number of hydrogen-bond acceptors (Lipinski definition) is 4. The average Bonchev–Trinajstić information content (AvgIpc) is 2.24. The molecule has 2 N–H and O–H groups in total. The molecule has 0 saturated carbocycles. The molecule has 1 aromatic carbocycles. The summed E-state index contributed by atoms with van der Waals surface area (Å²) in [7, 11) is 0. The molecule has 0 aliphatic heterocycles. The number of aliphatic hydroxyl groups is 1. The van der Waals surface area contributed by atoms with Gasteiger partial charge in [0, 0.05) is 29.2 Å². The Kier molecular flexibility index (Phi) is 5.71. The van der Waals surface area contributed by atoms with Crippen molar-refractivity contribution < 1.29 is 10.0 Å². The zero-order valence-electron chi connectivity index (χ0n) is 10.4. The SMILES string of the molecule is CC(O)CC(C)NCc1cc(Br)cc([N+](=O)[O-])c1. The Morgan fingerprint density at radius 2 is 2.11 bits per heavy atom. The van der Waals surface area contributed by atoms with Crippen LogP contribution in [0.1, 0.15) is 25.8 Å². The molecule has 100 valence electrons. The van der Waals surface area contributed by atoms with Crippen molar-refractivity contribution >= 4 is 21.6 Å². The van der Waals surface area contributed by atoms with E-state index in [1.54, 1.807) is 13.0 Å². The fraction of sp³-hybridized carbons (Fsp3) is 0.500. The molecule has 0 aliphatic carbocycles. The van der Waals surface area contributed by atoms with Crippen molar-refractivity contribution in [2.75, 3.05) is 0 Å². The molecular formula is C12H17BrN2O3. The number of hydrogen-bond donors (Lipinski definition) is 2. The van der Waals surface area contributed by atoms with Gasteiger partial charge in [0.25, 0.3) is 5.69 Å². The van der Waals surface area contributed by atoms with Crippen LogP contribution in [0.2, 0.25) is 0 Å². The van der Waals surface area contributed by atoms with Crippen LogP contribution in [0, 0.1) is 10.1 Å². The highest BCUT2D eigenvalue weighted by molar-refractivity contribution is 9.10. The van der Waals surface area contributed by atoms with Gasteiger partial charge in [-0.25, -0.2) is 0 Å². The van der Waals surface area contributed by atoms with E-state index in [0.717, 1.165) is 5.56 Å². The monoisotopic (exact) mass is 316 g/mol. The van der Waals surface area contributed by atoms with Gasteiger partial charge in [0.15, 0.2) is 0 Å². The molecule has 0 saturated heterocycles. The van der Waals surface area contributed by atoms with Gasteiger partial charge in [-0.1, -0.05) is 15.9 Å². The van der Waals surface area contributed by atoms with Crippen molar-refractivity contribution in [1.29, 1.82) is 0 Å². The molecule has 0 fully saturated rings. The molecule has 1 aromatic rings. The van der Waals surface area contributed by atoms with Gasteiger partial charge in [0.2, 0.25) is 0 Å². The van der Waals surface area contributed by atoms with Crippen LogP contribution in [0.5, 0.6) is 0 Å². The number of benzene rings is 1. The van der Waals surface area contributed by atoms with Gasteiger partial charge in [0.1, 0.15) is 0 Å². The first-order valence-corrected chi connectivity index (χ1v) is 6.53. The minimum Gasteiger partial charge on any atom is -0.393 e. The highest BCUT2D eigenvalue weighted by Gasteiger charge is 2.10. The fourth-order valence-electron chi connectivity index (χ4n) is 1.73. The van der Waals surface area contributed by atoms with Crippen molar-refractivity contribution in [3.63, 3.8) is 0 Å². The zero-order valence-corrected chi connectivity index (χ0v) is 12.0. The van der Waals surface area contributed by atoms with Crippen molar-refractivity contribution in [1.82, 2.24) is 5.32 Å². The van der Waals surface area contributed by atoms with Crippen LogP contribution in [-0.4, -0.2) is 22.2 Å². The van der Waals surface area contributed by atoms with Crippen LogP contribution >= 0.6 is 15.9 Å². The molecular weight excluding hydrogens is 300 g/mol. The predicted molar refractivity (Wildman–Crippen MR) is 73.4 cm³/mol. The Morgan fingerprint density at radius 1 is 1.44 bits per heavy atom. The van der Waals surface area contributed by atoms with Crippen molar-refractivity contribution in [3.05, 3.63) is 38.3 Å². The highest BCUT2D eigenvalue weighted by atomic mass is 79.9. The number of nitrogens with one attached hydrogen (secondary N) is 1. The third kappa shape index (κ3) is 5.12. The van der Waals surface area contributed by atoms with Crippen LogP contribution < -0.4 is 5.32 Å². The Bertz CT molecular complexity index is 424. The molecule has 2 atom stereocenters. The van der Waals surface area contributed by atoms with E-state index in [0.29, 0.717) is 17.4 Å². The quantitative estimate of drug-likeness (QED) is 0.625. The Hall–Kier alpha value is -0.980. The third-order valence-corrected chi connectivity index (χ3v) is 2.96. The summed E-state index contributed by atoms with van der Waals surface area (Å²) in [6.07, 6.45) is 0.292. The molecule has 0 radical (unpaired) electrons. The van der Waals surface area contributed by atoms with Crippen LogP contribution in [0.25, 0.3) is 0 Å². The second-order valence-electron chi connectivity index (χ2n) is 4.44. The van der Waals surface area contributed by atoms with Crippen molar-refractivity contribution in [3.8, 4) is 0 Å². The summed E-state index contributed by atoms with van der Waals surface area (Å²) in [6, 6.07) is 5.02. The number of nitrogens with zero attached hydrogens (tertiary/aromatic N) is 1. The smallest absolute Gasteiger partial charge is 0.270 e. The molecule has 18 heavy (non-hydrogen) atoms. The maximum atomic E-state index is 10.7. The molecule has 6 heteroatoms. The summed E-state index contributed by atoms with van der Waals surface area (Å²) in [5.41, 5.74) is 0.915. The molecule has 0 aliphatic rings. The van der Waals surface area contributed by atoms with Crippen molar-refractivity contribution in [2.45, 2.75) is 39.0 Å². The molecule has 0 aromatic heterocycles. The van der Waals surface area contributed by atoms with Gasteiger partial charge < -0.3 is 10.4 Å². The number of nitro benzene ring substituents is 1. The van der Waals surface area contributed by atoms with E-state index in [9.17, 15) is 15.2 Å². The minimum absolute atomic E-state index is 0.0735. The number of non-ortho nitro benzene ring substituents is 1. The molecule has 5 nitrogen and oxygen atoms in total. The number of halogens is 1. The maximum absolute atomic E-state index is 10.7. The first kappa shape index (κ1) is 15.1. The van der Waals surface area contributed by atoms with Gasteiger partial charge in [-0.3, -0.25) is 10.1 Å². The lowest BCUT2D eigenvalue weighted by molar-refractivity contribution is -0.385. The molecule has 0 spiro atoms. The van der Waals surface area contributed by atoms with Crippen LogP contribution in [0.4, 0.5) is 5.69 Å². The highest BCUT2D eigenvalue weighted by Crippen LogP contribution is 2.21. The number of aliphatic hydroxyl groups excluding tert-OH is 1. The van der Waals surface area contributed by atoms with E-state index in [-0.39, 0.29) is 17.8 Å². The summed E-state index contributed by atoms with van der Waals surface area (Å²) >= 11 is 3.26. The van der Waals surface area contributed by atoms with Gasteiger partial charge in [0.05, 0.1) is 11.0 Å². The van der Waals surface area contributed by atoms with Crippen molar-refractivity contribution in [2.24, 2.45) is 0 Å². The summed E-state index contributed by atoms with van der Waals surface area (Å²) in [5.74, 6) is 0. The van der Waals surface area contributed by atoms with E-state index < -0.39 is 4.92 Å². The molecule has 0 bridgehead atoms. The number of rotatable bonds is 6. The van der Waals surface area contributed by atoms with Crippen LogP contribution in [0.15, 0.2) is 22.7 Å². The molecule has 2 unspecified atom stereocenters. The predicted octanol–water partition coefficient (Wildman–Crippen LogP) is 2.61. The third-order valence-electron chi connectivity index (χ3n) is 2.50. The fourth-order valence-corrected chi connectivity index (χ4v) is 2.26. The normalized spacial score (nSPS) is 14.2. The summed E-state index contributed by atoms with van der Waals surface area (Å²) in [6.45, 7) is 4.25.